The van der Waals surface area contributed by atoms with Crippen LogP contribution in [-0.4, -0.2) is 23.4 Å². The minimum absolute atomic E-state index is 0.140. The summed E-state index contributed by atoms with van der Waals surface area (Å²) in [4.78, 5) is 27.8. The molecule has 2 amide bonds. The van der Waals surface area contributed by atoms with Crippen molar-refractivity contribution in [2.45, 2.75) is 13.3 Å². The molecule has 1 aromatic heterocycles. The zero-order valence-electron chi connectivity index (χ0n) is 15.2. The highest BCUT2D eigenvalue weighted by Crippen LogP contribution is 2.29. The van der Waals surface area contributed by atoms with Crippen LogP contribution in [0, 0.1) is 10.9 Å². The third-order valence-corrected chi connectivity index (χ3v) is 5.25. The predicted molar refractivity (Wildman–Crippen MR) is 112 cm³/mol. The number of para-hydroxylation sites is 1. The molecule has 144 valence electrons. The van der Waals surface area contributed by atoms with E-state index in [4.69, 9.17) is 17.0 Å². The molecule has 0 unspecified atom stereocenters. The molecule has 0 atom stereocenters. The Labute approximate surface area is 171 Å². The number of hydrogen-bond donors (Lipinski definition) is 3. The summed E-state index contributed by atoms with van der Waals surface area (Å²) in [7, 11) is 0. The van der Waals surface area contributed by atoms with Gasteiger partial charge < -0.3 is 9.72 Å². The van der Waals surface area contributed by atoms with Crippen molar-refractivity contribution in [3.05, 3.63) is 69.1 Å². The largest absolute Gasteiger partial charge is 0.483 e. The van der Waals surface area contributed by atoms with Crippen molar-refractivity contribution in [3.63, 3.8) is 0 Å². The first-order chi connectivity index (χ1) is 13.5. The first kappa shape index (κ1) is 19.8. The maximum absolute atomic E-state index is 12.0. The first-order valence-electron chi connectivity index (χ1n) is 8.56. The molecule has 0 saturated carbocycles. The van der Waals surface area contributed by atoms with Crippen LogP contribution in [0.15, 0.2) is 54.6 Å². The number of nitrogens with one attached hydrogen (secondary N) is 3. The number of ether oxygens (including phenoxy) is 1. The minimum Gasteiger partial charge on any atom is -0.483 e. The standard InChI is InChI=1S/C20H19N3O3S2/c1-13-17(28-20(27)21-13)11-18(24)22-23-19(25)12-26-16-10-6-5-9-15(16)14-7-3-2-4-8-14/h2-10H,11-12H2,1H3,(H,21,27)(H,22,24)(H,23,25). The number of benzene rings is 2. The highest BCUT2D eigenvalue weighted by Gasteiger charge is 2.11. The van der Waals surface area contributed by atoms with E-state index in [1.807, 2.05) is 55.5 Å². The number of hydrogen-bond acceptors (Lipinski definition) is 5. The molecular weight excluding hydrogens is 394 g/mol. The van der Waals surface area contributed by atoms with Crippen LogP contribution < -0.4 is 15.6 Å². The lowest BCUT2D eigenvalue weighted by atomic mass is 10.1. The van der Waals surface area contributed by atoms with E-state index in [0.29, 0.717) is 9.70 Å². The molecule has 0 spiro atoms. The summed E-state index contributed by atoms with van der Waals surface area (Å²) in [6.07, 6.45) is 0.140. The fourth-order valence-electron chi connectivity index (χ4n) is 2.56. The van der Waals surface area contributed by atoms with Crippen molar-refractivity contribution in [1.29, 1.82) is 0 Å². The molecule has 0 aliphatic carbocycles. The van der Waals surface area contributed by atoms with Gasteiger partial charge in [-0.1, -0.05) is 48.5 Å². The van der Waals surface area contributed by atoms with Crippen LogP contribution >= 0.6 is 23.6 Å². The van der Waals surface area contributed by atoms with Gasteiger partial charge in [-0.05, 0) is 30.8 Å². The van der Waals surface area contributed by atoms with Gasteiger partial charge in [0.2, 0.25) is 5.91 Å². The van der Waals surface area contributed by atoms with Crippen LogP contribution in [-0.2, 0) is 16.0 Å². The Balaban J connectivity index is 1.52. The topological polar surface area (TPSA) is 83.2 Å². The Morgan fingerprint density at radius 2 is 1.71 bits per heavy atom. The number of rotatable bonds is 6. The van der Waals surface area contributed by atoms with E-state index < -0.39 is 5.91 Å². The molecule has 28 heavy (non-hydrogen) atoms. The summed E-state index contributed by atoms with van der Waals surface area (Å²) in [5, 5.41) is 0. The summed E-state index contributed by atoms with van der Waals surface area (Å²) >= 11 is 6.40. The maximum Gasteiger partial charge on any atom is 0.276 e. The predicted octanol–water partition coefficient (Wildman–Crippen LogP) is 3.55. The number of aromatic amines is 1. The average molecular weight is 414 g/mol. The van der Waals surface area contributed by atoms with Gasteiger partial charge in [0, 0.05) is 16.1 Å². The second-order valence-corrected chi connectivity index (χ2v) is 7.76. The number of thiazole rings is 1. The monoisotopic (exact) mass is 413 g/mol. The van der Waals surface area contributed by atoms with Crippen LogP contribution in [0.1, 0.15) is 10.6 Å². The summed E-state index contributed by atoms with van der Waals surface area (Å²) < 4.78 is 6.27. The lowest BCUT2D eigenvalue weighted by molar-refractivity contribution is -0.129. The van der Waals surface area contributed by atoms with Crippen LogP contribution in [0.5, 0.6) is 5.75 Å². The number of aromatic nitrogens is 1. The van der Waals surface area contributed by atoms with E-state index in [0.717, 1.165) is 21.7 Å². The third kappa shape index (κ3) is 5.28. The Kier molecular flexibility index (Phi) is 6.57. The Hall–Kier alpha value is -2.97. The number of hydrazine groups is 1. The van der Waals surface area contributed by atoms with E-state index in [2.05, 4.69) is 15.8 Å². The van der Waals surface area contributed by atoms with E-state index >= 15 is 0 Å². The molecule has 0 bridgehead atoms. The zero-order chi connectivity index (χ0) is 19.9. The normalized spacial score (nSPS) is 10.3. The van der Waals surface area contributed by atoms with Crippen LogP contribution in [0.4, 0.5) is 0 Å². The first-order valence-corrected chi connectivity index (χ1v) is 9.79. The lowest BCUT2D eigenvalue weighted by Gasteiger charge is -2.12. The van der Waals surface area contributed by atoms with E-state index in [9.17, 15) is 9.59 Å². The molecule has 2 aromatic carbocycles. The average Bonchev–Trinajstić information content (AvgIpc) is 3.02. The Bertz CT molecular complexity index is 1030. The Morgan fingerprint density at radius 3 is 2.43 bits per heavy atom. The number of H-pyrrole nitrogens is 1. The lowest BCUT2D eigenvalue weighted by Crippen LogP contribution is -2.44. The molecule has 3 N–H and O–H groups in total. The van der Waals surface area contributed by atoms with Gasteiger partial charge in [-0.2, -0.15) is 0 Å². The highest BCUT2D eigenvalue weighted by atomic mass is 32.1. The van der Waals surface area contributed by atoms with Gasteiger partial charge in [0.1, 0.15) is 5.75 Å². The maximum atomic E-state index is 12.0. The Morgan fingerprint density at radius 1 is 1.04 bits per heavy atom. The molecule has 0 radical (unpaired) electrons. The van der Waals surface area contributed by atoms with Gasteiger partial charge in [-0.3, -0.25) is 20.4 Å². The zero-order valence-corrected chi connectivity index (χ0v) is 16.8. The fourth-order valence-corrected chi connectivity index (χ4v) is 3.85. The summed E-state index contributed by atoms with van der Waals surface area (Å²) in [5.41, 5.74) is 7.50. The van der Waals surface area contributed by atoms with Crippen molar-refractivity contribution >= 4 is 35.4 Å². The van der Waals surface area contributed by atoms with Crippen molar-refractivity contribution in [2.75, 3.05) is 6.61 Å². The summed E-state index contributed by atoms with van der Waals surface area (Å²) in [6.45, 7) is 1.64. The van der Waals surface area contributed by atoms with Crippen LogP contribution in [0.3, 0.4) is 0 Å². The molecule has 1 heterocycles. The molecular formula is C20H19N3O3S2. The van der Waals surface area contributed by atoms with Gasteiger partial charge in [0.05, 0.1) is 6.42 Å². The molecule has 0 aliphatic heterocycles. The number of amides is 2. The van der Waals surface area contributed by atoms with E-state index in [1.54, 1.807) is 6.07 Å². The smallest absolute Gasteiger partial charge is 0.276 e. The van der Waals surface area contributed by atoms with Crippen LogP contribution in [0.2, 0.25) is 0 Å². The van der Waals surface area contributed by atoms with Gasteiger partial charge in [0.15, 0.2) is 10.6 Å². The summed E-state index contributed by atoms with van der Waals surface area (Å²) in [5.74, 6) is -0.182. The van der Waals surface area contributed by atoms with Gasteiger partial charge >= 0.3 is 0 Å². The molecule has 3 aromatic rings. The van der Waals surface area contributed by atoms with Crippen LogP contribution in [0.25, 0.3) is 11.1 Å². The minimum atomic E-state index is -0.449. The van der Waals surface area contributed by atoms with Crippen molar-refractivity contribution in [1.82, 2.24) is 15.8 Å². The number of carbonyl (C=O) groups excluding carboxylic acids is 2. The fraction of sp³-hybridized carbons (Fsp3) is 0.150. The van der Waals surface area contributed by atoms with Gasteiger partial charge in [-0.25, -0.2) is 0 Å². The highest BCUT2D eigenvalue weighted by molar-refractivity contribution is 7.73. The van der Waals surface area contributed by atoms with Gasteiger partial charge in [0.25, 0.3) is 5.91 Å². The molecule has 0 saturated heterocycles. The number of aryl methyl sites for hydroxylation is 1. The molecule has 8 heteroatoms. The quantitative estimate of drug-likeness (QED) is 0.426. The molecule has 6 nitrogen and oxygen atoms in total. The molecule has 0 fully saturated rings. The molecule has 3 rings (SSSR count). The molecule has 0 aliphatic rings. The van der Waals surface area contributed by atoms with Crippen molar-refractivity contribution in [3.8, 4) is 16.9 Å². The van der Waals surface area contributed by atoms with Crippen molar-refractivity contribution < 1.29 is 14.3 Å². The third-order valence-electron chi connectivity index (χ3n) is 3.92. The second kappa shape index (κ2) is 9.29. The van der Waals surface area contributed by atoms with Crippen molar-refractivity contribution in [2.24, 2.45) is 0 Å². The van der Waals surface area contributed by atoms with E-state index in [-0.39, 0.29) is 18.9 Å². The van der Waals surface area contributed by atoms with Gasteiger partial charge in [-0.15, -0.1) is 11.3 Å². The van der Waals surface area contributed by atoms with E-state index in [1.165, 1.54) is 11.3 Å². The number of carbonyl (C=O) groups is 2. The summed E-state index contributed by atoms with van der Waals surface area (Å²) in [6, 6.07) is 17.3. The SMILES string of the molecule is Cc1[nH]c(=S)sc1CC(=O)NNC(=O)COc1ccccc1-c1ccccc1. The second-order valence-electron chi connectivity index (χ2n) is 5.99.